The number of carbonyl (C=O) groups excluding carboxylic acids is 2. The van der Waals surface area contributed by atoms with Gasteiger partial charge in [-0.25, -0.2) is 16.8 Å². The number of esters is 1. The van der Waals surface area contributed by atoms with E-state index in [9.17, 15) is 26.4 Å². The molecule has 184 valence electrons. The van der Waals surface area contributed by atoms with Crippen molar-refractivity contribution in [3.63, 3.8) is 0 Å². The lowest BCUT2D eigenvalue weighted by molar-refractivity contribution is -0.147. The first kappa shape index (κ1) is 26.1. The Morgan fingerprint density at radius 3 is 2.12 bits per heavy atom. The standard InChI is InChI=1S/C21H24ClN3O7S2/c1-24(33(28,29)18-8-4-16(22)5-9-18)14-21(27)32-15-20(26)23-17-6-10-19(11-7-17)34(30,31)25-12-2-3-13-25/h4-11H,2-3,12-15H2,1H3,(H,23,26). The van der Waals surface area contributed by atoms with Crippen LogP contribution in [0, 0.1) is 0 Å². The molecule has 2 aromatic rings. The highest BCUT2D eigenvalue weighted by atomic mass is 35.5. The first-order chi connectivity index (χ1) is 16.0. The fraction of sp³-hybridized carbons (Fsp3) is 0.333. The first-order valence-electron chi connectivity index (χ1n) is 10.3. The molecule has 13 heteroatoms. The summed E-state index contributed by atoms with van der Waals surface area (Å²) in [6.07, 6.45) is 1.66. The molecule has 1 aliphatic heterocycles. The highest BCUT2D eigenvalue weighted by Crippen LogP contribution is 2.22. The SMILES string of the molecule is CN(CC(=O)OCC(=O)Nc1ccc(S(=O)(=O)N2CCCC2)cc1)S(=O)(=O)c1ccc(Cl)cc1. The summed E-state index contributed by atoms with van der Waals surface area (Å²) in [6, 6.07) is 11.1. The van der Waals surface area contributed by atoms with Crippen molar-refractivity contribution in [2.45, 2.75) is 22.6 Å². The van der Waals surface area contributed by atoms with E-state index in [1.54, 1.807) is 0 Å². The van der Waals surface area contributed by atoms with E-state index in [0.29, 0.717) is 23.8 Å². The predicted octanol–water partition coefficient (Wildman–Crippen LogP) is 1.93. The maximum absolute atomic E-state index is 12.5. The average molecular weight is 530 g/mol. The minimum atomic E-state index is -3.94. The van der Waals surface area contributed by atoms with Crippen molar-refractivity contribution in [2.75, 3.05) is 38.6 Å². The van der Waals surface area contributed by atoms with Crippen molar-refractivity contribution >= 4 is 49.2 Å². The van der Waals surface area contributed by atoms with Crippen molar-refractivity contribution in [3.8, 4) is 0 Å². The molecule has 0 unspecified atom stereocenters. The van der Waals surface area contributed by atoms with Gasteiger partial charge < -0.3 is 10.1 Å². The molecule has 1 amide bonds. The van der Waals surface area contributed by atoms with Gasteiger partial charge in [-0.1, -0.05) is 11.6 Å². The van der Waals surface area contributed by atoms with Gasteiger partial charge in [-0.05, 0) is 61.4 Å². The molecule has 3 rings (SSSR count). The maximum Gasteiger partial charge on any atom is 0.321 e. The van der Waals surface area contributed by atoms with Crippen molar-refractivity contribution in [1.82, 2.24) is 8.61 Å². The molecule has 34 heavy (non-hydrogen) atoms. The molecule has 1 fully saturated rings. The molecule has 1 N–H and O–H groups in total. The molecular weight excluding hydrogens is 506 g/mol. The largest absolute Gasteiger partial charge is 0.455 e. The van der Waals surface area contributed by atoms with Gasteiger partial charge >= 0.3 is 5.97 Å². The number of halogens is 1. The molecule has 0 radical (unpaired) electrons. The Kier molecular flexibility index (Phi) is 8.31. The van der Waals surface area contributed by atoms with Crippen LogP contribution in [0.1, 0.15) is 12.8 Å². The van der Waals surface area contributed by atoms with Crippen LogP contribution in [-0.2, 0) is 34.4 Å². The van der Waals surface area contributed by atoms with Crippen LogP contribution < -0.4 is 5.32 Å². The molecule has 0 bridgehead atoms. The summed E-state index contributed by atoms with van der Waals surface area (Å²) in [5, 5.41) is 2.86. The minimum Gasteiger partial charge on any atom is -0.455 e. The van der Waals surface area contributed by atoms with Crippen LogP contribution >= 0.6 is 11.6 Å². The van der Waals surface area contributed by atoms with Gasteiger partial charge in [0.25, 0.3) is 5.91 Å². The van der Waals surface area contributed by atoms with Crippen molar-refractivity contribution in [2.24, 2.45) is 0 Å². The molecule has 1 saturated heterocycles. The Hall–Kier alpha value is -2.51. The number of hydrogen-bond donors (Lipinski definition) is 1. The molecule has 0 spiro atoms. The van der Waals surface area contributed by atoms with Gasteiger partial charge in [-0.3, -0.25) is 9.59 Å². The van der Waals surface area contributed by atoms with Crippen LogP contribution in [0.3, 0.4) is 0 Å². The Morgan fingerprint density at radius 1 is 0.971 bits per heavy atom. The van der Waals surface area contributed by atoms with E-state index in [2.05, 4.69) is 5.32 Å². The van der Waals surface area contributed by atoms with Crippen LogP contribution in [0.5, 0.6) is 0 Å². The van der Waals surface area contributed by atoms with Gasteiger partial charge in [-0.15, -0.1) is 0 Å². The Morgan fingerprint density at radius 2 is 1.53 bits per heavy atom. The van der Waals surface area contributed by atoms with Crippen LogP contribution in [0.4, 0.5) is 5.69 Å². The third-order valence-corrected chi connectivity index (χ3v) is 9.06. The Labute approximate surface area is 203 Å². The summed E-state index contributed by atoms with van der Waals surface area (Å²) in [7, 11) is -6.29. The molecular formula is C21H24ClN3O7S2. The lowest BCUT2D eigenvalue weighted by atomic mass is 10.3. The smallest absolute Gasteiger partial charge is 0.321 e. The number of hydrogen-bond acceptors (Lipinski definition) is 7. The number of nitrogens with zero attached hydrogens (tertiary/aromatic N) is 2. The summed E-state index contributed by atoms with van der Waals surface area (Å²) in [4.78, 5) is 24.2. The fourth-order valence-corrected chi connectivity index (χ4v) is 5.99. The zero-order valence-corrected chi connectivity index (χ0v) is 20.7. The first-order valence-corrected chi connectivity index (χ1v) is 13.5. The third kappa shape index (κ3) is 6.33. The predicted molar refractivity (Wildman–Crippen MR) is 125 cm³/mol. The van der Waals surface area contributed by atoms with Gasteiger partial charge in [0.05, 0.1) is 9.79 Å². The van der Waals surface area contributed by atoms with E-state index in [0.717, 1.165) is 17.1 Å². The molecule has 0 aromatic heterocycles. The van der Waals surface area contributed by atoms with Crippen LogP contribution in [0.15, 0.2) is 58.3 Å². The Balaban J connectivity index is 1.49. The molecule has 0 aliphatic carbocycles. The van der Waals surface area contributed by atoms with Gasteiger partial charge in [0, 0.05) is 30.8 Å². The molecule has 10 nitrogen and oxygen atoms in total. The molecule has 1 aliphatic rings. The number of amides is 1. The van der Waals surface area contributed by atoms with Gasteiger partial charge in [-0.2, -0.15) is 8.61 Å². The number of nitrogens with one attached hydrogen (secondary N) is 1. The van der Waals surface area contributed by atoms with E-state index in [1.807, 2.05) is 0 Å². The minimum absolute atomic E-state index is 0.0415. The van der Waals surface area contributed by atoms with Crippen LogP contribution in [0.2, 0.25) is 5.02 Å². The lowest BCUT2D eigenvalue weighted by Crippen LogP contribution is -2.34. The monoisotopic (exact) mass is 529 g/mol. The highest BCUT2D eigenvalue weighted by Gasteiger charge is 2.27. The molecule has 2 aromatic carbocycles. The second-order valence-corrected chi connectivity index (χ2v) is 12.0. The number of carbonyl (C=O) groups is 2. The zero-order valence-electron chi connectivity index (χ0n) is 18.3. The fourth-order valence-electron chi connectivity index (χ4n) is 3.23. The second kappa shape index (κ2) is 10.8. The number of sulfonamides is 2. The van der Waals surface area contributed by atoms with Gasteiger partial charge in [0.1, 0.15) is 6.54 Å². The van der Waals surface area contributed by atoms with E-state index >= 15 is 0 Å². The average Bonchev–Trinajstić information content (AvgIpc) is 3.34. The Bertz CT molecular complexity index is 1240. The molecule has 0 atom stereocenters. The normalized spacial score (nSPS) is 14.8. The van der Waals surface area contributed by atoms with Crippen molar-refractivity contribution in [3.05, 3.63) is 53.6 Å². The van der Waals surface area contributed by atoms with Crippen molar-refractivity contribution in [1.29, 1.82) is 0 Å². The van der Waals surface area contributed by atoms with Gasteiger partial charge in [0.2, 0.25) is 20.0 Å². The number of anilines is 1. The second-order valence-electron chi connectivity index (χ2n) is 7.56. The number of rotatable bonds is 9. The number of ether oxygens (including phenoxy) is 1. The van der Waals surface area contributed by atoms with E-state index in [4.69, 9.17) is 16.3 Å². The zero-order chi connectivity index (χ0) is 24.9. The summed E-state index contributed by atoms with van der Waals surface area (Å²) < 4.78 is 57.1. The highest BCUT2D eigenvalue weighted by molar-refractivity contribution is 7.89. The topological polar surface area (TPSA) is 130 Å². The van der Waals surface area contributed by atoms with Gasteiger partial charge in [0.15, 0.2) is 6.61 Å². The quantitative estimate of drug-likeness (QED) is 0.491. The third-order valence-electron chi connectivity index (χ3n) is 5.08. The van der Waals surface area contributed by atoms with Crippen LogP contribution in [0.25, 0.3) is 0 Å². The summed E-state index contributed by atoms with van der Waals surface area (Å²) in [6.45, 7) is -0.256. The summed E-state index contributed by atoms with van der Waals surface area (Å²) in [5.74, 6) is -1.58. The van der Waals surface area contributed by atoms with E-state index in [-0.39, 0.29) is 9.79 Å². The van der Waals surface area contributed by atoms with E-state index < -0.39 is 45.1 Å². The lowest BCUT2D eigenvalue weighted by Gasteiger charge is -2.16. The summed E-state index contributed by atoms with van der Waals surface area (Å²) >= 11 is 5.76. The molecule has 0 saturated carbocycles. The van der Waals surface area contributed by atoms with E-state index in [1.165, 1.54) is 59.9 Å². The number of benzene rings is 2. The number of likely N-dealkylation sites (N-methyl/N-ethyl adjacent to an activating group) is 1. The maximum atomic E-state index is 12.5. The molecule has 1 heterocycles. The summed E-state index contributed by atoms with van der Waals surface area (Å²) in [5.41, 5.74) is 0.323. The van der Waals surface area contributed by atoms with Crippen LogP contribution in [-0.4, -0.2) is 70.6 Å². The van der Waals surface area contributed by atoms with Crippen molar-refractivity contribution < 1.29 is 31.2 Å².